The van der Waals surface area contributed by atoms with Gasteiger partial charge in [0.1, 0.15) is 13.2 Å². The topological polar surface area (TPSA) is 214 Å². The summed E-state index contributed by atoms with van der Waals surface area (Å²) in [6, 6.07) is 31.2. The lowest BCUT2D eigenvalue weighted by molar-refractivity contribution is -0.175. The van der Waals surface area contributed by atoms with Gasteiger partial charge in [-0.25, -0.2) is 9.59 Å². The number of aryl methyl sites for hydroxylation is 4. The maximum atomic E-state index is 14.9. The van der Waals surface area contributed by atoms with Crippen molar-refractivity contribution in [1.29, 1.82) is 0 Å². The molecule has 4 atom stereocenters. The van der Waals surface area contributed by atoms with Crippen LogP contribution in [0.1, 0.15) is 80.8 Å². The van der Waals surface area contributed by atoms with Crippen LogP contribution in [0.5, 0.6) is 23.0 Å². The van der Waals surface area contributed by atoms with E-state index in [4.69, 9.17) is 37.5 Å². The van der Waals surface area contributed by atoms with Crippen molar-refractivity contribution in [3.8, 4) is 68.0 Å². The van der Waals surface area contributed by atoms with Gasteiger partial charge in [-0.3, -0.25) is 9.59 Å². The van der Waals surface area contributed by atoms with Gasteiger partial charge in [-0.2, -0.15) is 9.97 Å². The third-order valence-corrected chi connectivity index (χ3v) is 15.0. The smallest absolute Gasteiger partial charge is 0.418 e. The van der Waals surface area contributed by atoms with E-state index in [1.165, 1.54) is 24.0 Å². The molecule has 2 amide bonds. The molecule has 8 aromatic rings. The monoisotopic (exact) mass is 1140 g/mol. The lowest BCUT2D eigenvalue weighted by Gasteiger charge is -2.26. The number of carbonyl (C=O) groups is 4. The molecule has 0 spiro atoms. The molecule has 0 aliphatic carbocycles. The average Bonchev–Trinajstić information content (AvgIpc) is 2.12. The quantitative estimate of drug-likeness (QED) is 0.0577. The standard InChI is InChI=1S/C64H66N8O12/c1-35-29-45(59-65-39(5)83-67-59)21-23-47(35)41-13-17-43(18-14-41)61(73)71-37(3)57(49-31-53(77-11)55(33-51(49)71)79-27-25-69(7)8)81-63(75)64(76)82-58-38(4)72(52-34-56(80-28-26-70(9)10)54(78-12)32-50(52)58)62(74)44-19-15-42(16-20-44)48-24-22-46(30-36(48)2)60-66-40(6)84-68-60/h13-24,29-34,37-38,57-58H,25-28H2,1-12H3. The number of likely N-dealkylation sites (N-methyl/N-ethyl adjacent to an activating group) is 2. The molecule has 20 heteroatoms. The molecule has 2 aromatic heterocycles. The SMILES string of the molecule is COc1cc2c(cc1OCCN(C)C)N(C(=O)c1ccc(-c3ccc(-c4noc(C)n4)cc3C)cc1)C(C)C2OC(=O)C(=O)OC1c2cc(OC)c(OCCN(C)C)cc2N(C(=O)c2ccc(-c3ccc(-c4noc(C)n4)cc3C)cc2)C1C. The first kappa shape index (κ1) is 57.8. The number of benzene rings is 6. The van der Waals surface area contributed by atoms with Crippen molar-refractivity contribution >= 4 is 35.1 Å². The number of aromatic nitrogens is 4. The Kier molecular flexibility index (Phi) is 16.7. The Morgan fingerprint density at radius 2 is 0.869 bits per heavy atom. The van der Waals surface area contributed by atoms with E-state index in [2.05, 4.69) is 20.3 Å². The lowest BCUT2D eigenvalue weighted by atomic mass is 9.97. The molecule has 0 saturated heterocycles. The number of amides is 2. The minimum absolute atomic E-state index is 0.306. The Bertz CT molecular complexity index is 3540. The number of hydrogen-bond donors (Lipinski definition) is 0. The molecule has 84 heavy (non-hydrogen) atoms. The van der Waals surface area contributed by atoms with Crippen molar-refractivity contribution in [1.82, 2.24) is 30.1 Å². The van der Waals surface area contributed by atoms with Gasteiger partial charge < -0.3 is 57.1 Å². The Morgan fingerprint density at radius 3 is 1.19 bits per heavy atom. The van der Waals surface area contributed by atoms with E-state index in [-0.39, 0.29) is 0 Å². The van der Waals surface area contributed by atoms with Gasteiger partial charge in [-0.1, -0.05) is 58.8 Å². The third-order valence-electron chi connectivity index (χ3n) is 15.0. The number of anilines is 2. The Balaban J connectivity index is 0.917. The van der Waals surface area contributed by atoms with Crippen molar-refractivity contribution in [2.45, 2.75) is 65.8 Å². The van der Waals surface area contributed by atoms with Gasteiger partial charge >= 0.3 is 11.9 Å². The van der Waals surface area contributed by atoms with E-state index in [0.29, 0.717) is 106 Å². The van der Waals surface area contributed by atoms with Gasteiger partial charge in [-0.05, 0) is 138 Å². The average molecular weight is 1140 g/mol. The number of ether oxygens (including phenoxy) is 6. The fraction of sp³-hybridized carbons (Fsp3) is 0.312. The number of rotatable bonds is 18. The molecule has 10 rings (SSSR count). The van der Waals surface area contributed by atoms with E-state index in [0.717, 1.165) is 44.5 Å². The summed E-state index contributed by atoms with van der Waals surface area (Å²) >= 11 is 0. The Hall–Kier alpha value is -9.40. The molecule has 0 saturated carbocycles. The highest BCUT2D eigenvalue weighted by Gasteiger charge is 2.47. The van der Waals surface area contributed by atoms with Crippen LogP contribution in [0.15, 0.2) is 118 Å². The number of methoxy groups -OCH3 is 2. The van der Waals surface area contributed by atoms with Crippen LogP contribution < -0.4 is 28.7 Å². The Labute approximate surface area is 486 Å². The van der Waals surface area contributed by atoms with Gasteiger partial charge in [-0.15, -0.1) is 0 Å². The highest BCUT2D eigenvalue weighted by Crippen LogP contribution is 2.50. The zero-order valence-electron chi connectivity index (χ0n) is 49.0. The maximum Gasteiger partial charge on any atom is 0.418 e. The molecule has 434 valence electrons. The first-order chi connectivity index (χ1) is 40.3. The summed E-state index contributed by atoms with van der Waals surface area (Å²) in [6.45, 7) is 12.7. The van der Waals surface area contributed by atoms with Crippen LogP contribution >= 0.6 is 0 Å². The summed E-state index contributed by atoms with van der Waals surface area (Å²) in [7, 11) is 10.7. The molecule has 0 fully saturated rings. The van der Waals surface area contributed by atoms with Crippen LogP contribution in [0.25, 0.3) is 45.0 Å². The fourth-order valence-corrected chi connectivity index (χ4v) is 10.6. The first-order valence-corrected chi connectivity index (χ1v) is 27.4. The highest BCUT2D eigenvalue weighted by atomic mass is 16.6. The second-order valence-electron chi connectivity index (χ2n) is 21.4. The van der Waals surface area contributed by atoms with Gasteiger partial charge in [0.2, 0.25) is 23.4 Å². The van der Waals surface area contributed by atoms with E-state index < -0.39 is 48.0 Å². The largest absolute Gasteiger partial charge is 0.493 e. The number of esters is 2. The first-order valence-electron chi connectivity index (χ1n) is 27.4. The predicted molar refractivity (Wildman–Crippen MR) is 314 cm³/mol. The van der Waals surface area contributed by atoms with Crippen LogP contribution in [-0.2, 0) is 19.1 Å². The van der Waals surface area contributed by atoms with E-state index in [1.807, 2.05) is 113 Å². The molecule has 4 heterocycles. The number of hydrogen-bond acceptors (Lipinski definition) is 18. The molecule has 4 unspecified atom stereocenters. The third kappa shape index (κ3) is 11.7. The van der Waals surface area contributed by atoms with Crippen molar-refractivity contribution in [2.75, 3.05) is 78.5 Å². The van der Waals surface area contributed by atoms with Gasteiger partial charge in [0.05, 0.1) is 37.7 Å². The molecule has 0 N–H and O–H groups in total. The molecule has 0 radical (unpaired) electrons. The van der Waals surface area contributed by atoms with Crippen LogP contribution in [0.4, 0.5) is 11.4 Å². The number of carbonyl (C=O) groups excluding carboxylic acids is 4. The summed E-state index contributed by atoms with van der Waals surface area (Å²) in [6.07, 6.45) is -2.35. The minimum atomic E-state index is -1.32. The summed E-state index contributed by atoms with van der Waals surface area (Å²) in [5, 5.41) is 8.10. The van der Waals surface area contributed by atoms with Crippen molar-refractivity contribution in [3.05, 3.63) is 154 Å². The number of nitrogens with zero attached hydrogens (tertiary/aromatic N) is 8. The zero-order valence-corrected chi connectivity index (χ0v) is 49.0. The zero-order chi connectivity index (χ0) is 59.7. The summed E-state index contributed by atoms with van der Waals surface area (Å²) in [4.78, 5) is 74.2. The molecular formula is C64H66N8O12. The predicted octanol–water partition coefficient (Wildman–Crippen LogP) is 10.2. The molecule has 2 aliphatic rings. The van der Waals surface area contributed by atoms with Gasteiger partial charge in [0.25, 0.3) is 11.8 Å². The van der Waals surface area contributed by atoms with Crippen molar-refractivity contribution in [3.63, 3.8) is 0 Å². The van der Waals surface area contributed by atoms with Gasteiger partial charge in [0, 0.05) is 72.5 Å². The van der Waals surface area contributed by atoms with Crippen LogP contribution in [0.3, 0.4) is 0 Å². The molecule has 6 aromatic carbocycles. The second kappa shape index (κ2) is 24.2. The molecule has 20 nitrogen and oxygen atoms in total. The van der Waals surface area contributed by atoms with Gasteiger partial charge in [0.15, 0.2) is 35.2 Å². The van der Waals surface area contributed by atoms with E-state index in [1.54, 1.807) is 76.2 Å². The summed E-state index contributed by atoms with van der Waals surface area (Å²) in [5.41, 5.74) is 9.51. The lowest BCUT2D eigenvalue weighted by Crippen LogP contribution is -2.40. The van der Waals surface area contributed by atoms with Crippen molar-refractivity contribution in [2.24, 2.45) is 0 Å². The summed E-state index contributed by atoms with van der Waals surface area (Å²) in [5.74, 6) is -0.126. The minimum Gasteiger partial charge on any atom is -0.493 e. The fourth-order valence-electron chi connectivity index (χ4n) is 10.6. The van der Waals surface area contributed by atoms with Crippen LogP contribution in [-0.4, -0.2) is 135 Å². The second-order valence-corrected chi connectivity index (χ2v) is 21.4. The molecule has 0 bridgehead atoms. The molecular weight excluding hydrogens is 1070 g/mol. The van der Waals surface area contributed by atoms with Crippen LogP contribution in [0, 0.1) is 27.7 Å². The summed E-state index contributed by atoms with van der Waals surface area (Å²) < 4.78 is 46.7. The molecule has 2 aliphatic heterocycles. The highest BCUT2D eigenvalue weighted by molar-refractivity contribution is 6.30. The van der Waals surface area contributed by atoms with E-state index >= 15 is 0 Å². The number of fused-ring (bicyclic) bond motifs is 2. The Morgan fingerprint density at radius 1 is 0.500 bits per heavy atom. The normalized spacial score (nSPS) is 16.2. The van der Waals surface area contributed by atoms with Crippen LogP contribution in [0.2, 0.25) is 0 Å². The maximum absolute atomic E-state index is 14.9. The van der Waals surface area contributed by atoms with E-state index in [9.17, 15) is 19.2 Å². The van der Waals surface area contributed by atoms with Crippen molar-refractivity contribution < 1.29 is 56.6 Å².